The summed E-state index contributed by atoms with van der Waals surface area (Å²) in [6.07, 6.45) is -8.03. The minimum absolute atomic E-state index is 0.0125. The Morgan fingerprint density at radius 2 is 1.76 bits per heavy atom. The van der Waals surface area contributed by atoms with Crippen molar-refractivity contribution < 1.29 is 55.7 Å². The van der Waals surface area contributed by atoms with Gasteiger partial charge in [0, 0.05) is 6.42 Å². The molecule has 20 nitrogen and oxygen atoms in total. The molecule has 0 saturated carbocycles. The number of imidazole rings is 1. The third-order valence-electron chi connectivity index (χ3n) is 7.48. The number of rotatable bonds is 3. The van der Waals surface area contributed by atoms with E-state index in [-0.39, 0.29) is 34.4 Å². The average Bonchev–Trinajstić information content (AvgIpc) is 3.76. The molecule has 3 aromatic heterocycles. The van der Waals surface area contributed by atoms with Gasteiger partial charge in [-0.05, 0) is 12.1 Å². The first-order valence-electron chi connectivity index (χ1n) is 13.2. The van der Waals surface area contributed by atoms with E-state index in [0.717, 1.165) is 4.68 Å². The van der Waals surface area contributed by atoms with E-state index >= 15 is 4.39 Å². The quantitative estimate of drug-likeness (QED) is 0.216. The summed E-state index contributed by atoms with van der Waals surface area (Å²) in [6, 6.07) is 4.33. The van der Waals surface area contributed by atoms with Crippen LogP contribution in [0.1, 0.15) is 29.2 Å². The number of hydrogen-bond donors (Lipinski definition) is 4. The number of amides is 1. The number of carbonyl (C=O) groups excluding carboxylic acids is 1. The number of phosphoric ester groups is 2. The van der Waals surface area contributed by atoms with Gasteiger partial charge in [0.2, 0.25) is 0 Å². The third-order valence-corrected chi connectivity index (χ3v) is 9.48. The molecule has 1 aromatic carbocycles. The molecule has 0 radical (unpaired) electrons. The van der Waals surface area contributed by atoms with E-state index < -0.39 is 77.8 Å². The molecular weight excluding hydrogens is 647 g/mol. The van der Waals surface area contributed by atoms with E-state index in [4.69, 9.17) is 39.0 Å². The van der Waals surface area contributed by atoms with Crippen LogP contribution in [0.25, 0.3) is 22.2 Å². The summed E-state index contributed by atoms with van der Waals surface area (Å²) in [7, 11) is -9.92. The molecular formula is C22H24FN9O11P2. The molecule has 2 unspecified atom stereocenters. The first-order chi connectivity index (χ1) is 21.4. The molecule has 4 aromatic rings. The van der Waals surface area contributed by atoms with Gasteiger partial charge in [0.15, 0.2) is 23.9 Å². The minimum Gasteiger partial charge on any atom is -0.382 e. The second-order valence-electron chi connectivity index (χ2n) is 10.3. The SMILES string of the molecule is NC(=O)c1cccc2c1nnn2[C@@H]1O[C@@H]2COP(=O)(O)O[C@H]3C[C@H](n4cnc5c(N)ncnc54)O[C@@H]3COP(=O)(O)O[C@H]2[C@H]1F. The van der Waals surface area contributed by atoms with Gasteiger partial charge in [0.1, 0.15) is 48.0 Å². The Morgan fingerprint density at radius 1 is 1.00 bits per heavy atom. The highest BCUT2D eigenvalue weighted by atomic mass is 31.2. The zero-order valence-corrected chi connectivity index (χ0v) is 24.5. The number of anilines is 1. The van der Waals surface area contributed by atoms with Crippen molar-refractivity contribution in [3.63, 3.8) is 0 Å². The number of benzene rings is 1. The van der Waals surface area contributed by atoms with Crippen molar-refractivity contribution in [2.75, 3.05) is 18.9 Å². The minimum atomic E-state index is -5.03. The van der Waals surface area contributed by atoms with Crippen LogP contribution in [0.2, 0.25) is 0 Å². The monoisotopic (exact) mass is 671 g/mol. The van der Waals surface area contributed by atoms with E-state index in [9.17, 15) is 23.7 Å². The van der Waals surface area contributed by atoms with E-state index in [1.54, 1.807) is 0 Å². The van der Waals surface area contributed by atoms with Gasteiger partial charge in [-0.3, -0.25) is 27.5 Å². The number of ether oxygens (including phenoxy) is 2. The van der Waals surface area contributed by atoms with Crippen molar-refractivity contribution in [3.8, 4) is 0 Å². The maximum Gasteiger partial charge on any atom is 0.472 e. The van der Waals surface area contributed by atoms with E-state index in [0.29, 0.717) is 5.65 Å². The summed E-state index contributed by atoms with van der Waals surface area (Å²) in [5.41, 5.74) is 12.0. The van der Waals surface area contributed by atoms with Crippen molar-refractivity contribution in [1.29, 1.82) is 0 Å². The van der Waals surface area contributed by atoms with Gasteiger partial charge in [-0.25, -0.2) is 33.2 Å². The van der Waals surface area contributed by atoms with Crippen LogP contribution >= 0.6 is 15.6 Å². The number of nitrogens with zero attached hydrogens (tertiary/aromatic N) is 7. The lowest BCUT2D eigenvalue weighted by Gasteiger charge is -2.27. The lowest BCUT2D eigenvalue weighted by molar-refractivity contribution is -0.0678. The number of aromatic nitrogens is 7. The van der Waals surface area contributed by atoms with Gasteiger partial charge in [0.05, 0.1) is 30.6 Å². The Morgan fingerprint density at radius 3 is 2.53 bits per heavy atom. The predicted octanol–water partition coefficient (Wildman–Crippen LogP) is 0.493. The van der Waals surface area contributed by atoms with Gasteiger partial charge in [-0.1, -0.05) is 11.3 Å². The highest BCUT2D eigenvalue weighted by Gasteiger charge is 2.53. The van der Waals surface area contributed by atoms with Gasteiger partial charge in [-0.15, -0.1) is 5.10 Å². The topological polar surface area (TPSA) is 273 Å². The zero-order chi connectivity index (χ0) is 31.7. The van der Waals surface area contributed by atoms with Crippen molar-refractivity contribution in [1.82, 2.24) is 34.5 Å². The van der Waals surface area contributed by atoms with Crippen molar-refractivity contribution in [2.24, 2.45) is 5.73 Å². The molecule has 3 fully saturated rings. The van der Waals surface area contributed by atoms with Gasteiger partial charge in [-0.2, -0.15) is 0 Å². The predicted molar refractivity (Wildman–Crippen MR) is 144 cm³/mol. The van der Waals surface area contributed by atoms with Crippen LogP contribution in [0, 0.1) is 0 Å². The summed E-state index contributed by atoms with van der Waals surface area (Å²) in [6.45, 7) is -1.50. The Balaban J connectivity index is 1.15. The number of carbonyl (C=O) groups is 1. The maximum absolute atomic E-state index is 15.9. The van der Waals surface area contributed by atoms with Crippen LogP contribution in [-0.4, -0.2) is 94.0 Å². The Kier molecular flexibility index (Phi) is 7.44. The largest absolute Gasteiger partial charge is 0.472 e. The van der Waals surface area contributed by atoms with Crippen molar-refractivity contribution >= 4 is 49.6 Å². The fourth-order valence-corrected chi connectivity index (χ4v) is 7.35. The molecule has 0 spiro atoms. The molecule has 240 valence electrons. The van der Waals surface area contributed by atoms with Gasteiger partial charge >= 0.3 is 15.6 Å². The molecule has 23 heteroatoms. The second-order valence-corrected chi connectivity index (χ2v) is 13.1. The number of nitrogens with two attached hydrogens (primary N) is 2. The van der Waals surface area contributed by atoms with Crippen LogP contribution < -0.4 is 11.5 Å². The maximum atomic E-state index is 15.9. The highest BCUT2D eigenvalue weighted by molar-refractivity contribution is 7.47. The molecule has 3 aliphatic heterocycles. The molecule has 0 bridgehead atoms. The fourth-order valence-electron chi connectivity index (χ4n) is 5.43. The van der Waals surface area contributed by atoms with Gasteiger partial charge in [0.25, 0.3) is 5.91 Å². The summed E-state index contributed by atoms with van der Waals surface area (Å²) < 4.78 is 77.0. The summed E-state index contributed by atoms with van der Waals surface area (Å²) in [5, 5.41) is 7.75. The van der Waals surface area contributed by atoms with E-state index in [2.05, 4.69) is 25.3 Å². The van der Waals surface area contributed by atoms with E-state index in [1.165, 1.54) is 35.4 Å². The lowest BCUT2D eigenvalue weighted by Crippen LogP contribution is -2.35. The van der Waals surface area contributed by atoms with Crippen LogP contribution in [0.15, 0.2) is 30.9 Å². The van der Waals surface area contributed by atoms with Crippen LogP contribution in [0.5, 0.6) is 0 Å². The van der Waals surface area contributed by atoms with Gasteiger partial charge < -0.3 is 30.7 Å². The number of primary amides is 1. The molecule has 45 heavy (non-hydrogen) atoms. The second kappa shape index (κ2) is 11.1. The molecule has 6 N–H and O–H groups in total. The van der Waals surface area contributed by atoms with Crippen molar-refractivity contribution in [2.45, 2.75) is 49.5 Å². The third kappa shape index (κ3) is 5.50. The molecule has 6 heterocycles. The zero-order valence-electron chi connectivity index (χ0n) is 22.7. The van der Waals surface area contributed by atoms with Crippen molar-refractivity contribution in [3.05, 3.63) is 36.4 Å². The summed E-state index contributed by atoms with van der Waals surface area (Å²) in [4.78, 5) is 45.1. The number of nitrogen functional groups attached to an aromatic ring is 1. The normalized spacial score (nSPS) is 35.9. The van der Waals surface area contributed by atoms with Crippen LogP contribution in [0.4, 0.5) is 10.2 Å². The summed E-state index contributed by atoms with van der Waals surface area (Å²) in [5.74, 6) is -0.688. The molecule has 0 aliphatic carbocycles. The standard InChI is InChI=1S/C22H24FN9O11P2/c23-15-18-13(41-22(15)32-10-3-1-2-9(20(25)33)16(10)29-30-32)6-39-44(34,35)42-11-4-14(40-12(11)5-38-45(36,37)43-18)31-8-28-17-19(24)26-7-27-21(17)31/h1-3,7-8,11-15,18,22H,4-6H2,(H2,25,33)(H,34,35)(H,36,37)(H2,24,26,27)/t11-,12+,13+,14+,15+,18+,22+/m0/s1. The molecule has 3 saturated heterocycles. The highest BCUT2D eigenvalue weighted by Crippen LogP contribution is 2.54. The fraction of sp³-hybridized carbons (Fsp3) is 0.455. The molecule has 9 atom stereocenters. The number of halogens is 1. The number of hydrogen-bond acceptors (Lipinski definition) is 15. The average molecular weight is 671 g/mol. The van der Waals surface area contributed by atoms with Crippen LogP contribution in [0.3, 0.4) is 0 Å². The molecule has 7 rings (SSSR count). The lowest BCUT2D eigenvalue weighted by atomic mass is 10.1. The summed E-state index contributed by atoms with van der Waals surface area (Å²) >= 11 is 0. The number of fused-ring (bicyclic) bond motifs is 4. The Bertz CT molecular complexity index is 1890. The van der Waals surface area contributed by atoms with E-state index in [1.807, 2.05) is 0 Å². The smallest absolute Gasteiger partial charge is 0.382 e. The molecule has 3 aliphatic rings. The Hall–Kier alpha value is -3.49. The molecule has 1 amide bonds. The van der Waals surface area contributed by atoms with Crippen LogP contribution in [-0.2, 0) is 36.7 Å². The first-order valence-corrected chi connectivity index (χ1v) is 16.2. The Labute approximate surface area is 250 Å². The number of phosphoric acid groups is 2. The first kappa shape index (κ1) is 30.2. The number of alkyl halides is 1.